The van der Waals surface area contributed by atoms with Crippen molar-refractivity contribution >= 4 is 6.08 Å². The number of phenolic OH excluding ortho intramolecular Hbond substituents is 1. The highest BCUT2D eigenvalue weighted by Gasteiger charge is 2.39. The van der Waals surface area contributed by atoms with Crippen molar-refractivity contribution in [2.75, 3.05) is 0 Å². The molecule has 1 aromatic carbocycles. The number of phenols is 1. The molecule has 0 saturated heterocycles. The molecule has 0 aliphatic heterocycles. The van der Waals surface area contributed by atoms with Crippen molar-refractivity contribution in [3.63, 3.8) is 0 Å². The topological polar surface area (TPSA) is 46.2 Å². The number of rotatable bonds is 2. The zero-order valence-electron chi connectivity index (χ0n) is 7.75. The lowest BCUT2D eigenvalue weighted by molar-refractivity contribution is -0.149. The van der Waals surface area contributed by atoms with Crippen LogP contribution in [-0.4, -0.2) is 11.3 Å². The van der Waals surface area contributed by atoms with E-state index < -0.39 is 18.0 Å². The largest absolute Gasteiger partial charge is 0.508 e. The molecule has 0 bridgehead atoms. The summed E-state index contributed by atoms with van der Waals surface area (Å²) in [6.45, 7) is 3.42. The average molecular weight is 217 g/mol. The maximum Gasteiger partial charge on any atom is 0.407 e. The molecule has 0 aromatic heterocycles. The van der Waals surface area contributed by atoms with Gasteiger partial charge in [0.15, 0.2) is 0 Å². The molecule has 3 N–H and O–H groups in total. The van der Waals surface area contributed by atoms with Gasteiger partial charge in [-0.05, 0) is 17.7 Å². The first-order valence-corrected chi connectivity index (χ1v) is 4.14. The van der Waals surface area contributed by atoms with Gasteiger partial charge in [-0.2, -0.15) is 13.2 Å². The molecule has 0 aliphatic carbocycles. The van der Waals surface area contributed by atoms with Gasteiger partial charge in [0.05, 0.1) is 0 Å². The summed E-state index contributed by atoms with van der Waals surface area (Å²) in [5, 5.41) is 9.25. The van der Waals surface area contributed by atoms with Crippen LogP contribution in [-0.2, 0) is 0 Å². The minimum atomic E-state index is -4.57. The molecule has 1 rings (SSSR count). The number of hydrogen-bond donors (Lipinski definition) is 2. The van der Waals surface area contributed by atoms with Crippen LogP contribution in [0.2, 0.25) is 0 Å². The van der Waals surface area contributed by atoms with Crippen LogP contribution in [0.1, 0.15) is 17.2 Å². The lowest BCUT2D eigenvalue weighted by Crippen LogP contribution is -2.28. The van der Waals surface area contributed by atoms with Gasteiger partial charge in [0.25, 0.3) is 0 Å². The molecule has 0 fully saturated rings. The summed E-state index contributed by atoms with van der Waals surface area (Å²) in [7, 11) is 0. The van der Waals surface area contributed by atoms with Crippen LogP contribution in [0, 0.1) is 0 Å². The molecule has 2 nitrogen and oxygen atoms in total. The van der Waals surface area contributed by atoms with Crippen LogP contribution < -0.4 is 5.73 Å². The van der Waals surface area contributed by atoms with E-state index in [9.17, 15) is 18.3 Å². The monoisotopic (exact) mass is 217 g/mol. The summed E-state index contributed by atoms with van der Waals surface area (Å²) in [4.78, 5) is 0. The first-order valence-electron chi connectivity index (χ1n) is 4.14. The summed E-state index contributed by atoms with van der Waals surface area (Å²) in [6.07, 6.45) is -3.19. The van der Waals surface area contributed by atoms with Gasteiger partial charge < -0.3 is 10.8 Å². The maximum absolute atomic E-state index is 12.3. The lowest BCUT2D eigenvalue weighted by Gasteiger charge is -2.17. The molecule has 0 unspecified atom stereocenters. The van der Waals surface area contributed by atoms with E-state index in [2.05, 4.69) is 6.58 Å². The maximum atomic E-state index is 12.3. The van der Waals surface area contributed by atoms with E-state index >= 15 is 0 Å². The number of aromatic hydroxyl groups is 1. The molecule has 1 aromatic rings. The van der Waals surface area contributed by atoms with Gasteiger partial charge in [-0.25, -0.2) is 0 Å². The Balaban J connectivity index is 3.18. The van der Waals surface area contributed by atoms with Crippen LogP contribution in [0.5, 0.6) is 5.75 Å². The zero-order valence-corrected chi connectivity index (χ0v) is 7.75. The summed E-state index contributed by atoms with van der Waals surface area (Å²) in [5.41, 5.74) is 5.10. The summed E-state index contributed by atoms with van der Waals surface area (Å²) < 4.78 is 36.9. The molecule has 5 heteroatoms. The molecule has 0 heterocycles. The Morgan fingerprint density at radius 1 is 1.40 bits per heavy atom. The fraction of sp³-hybridized carbons (Fsp3) is 0.200. The molecular weight excluding hydrogens is 207 g/mol. The fourth-order valence-corrected chi connectivity index (χ4v) is 1.13. The smallest absolute Gasteiger partial charge is 0.407 e. The van der Waals surface area contributed by atoms with Crippen LogP contribution in [0.25, 0.3) is 6.08 Å². The first-order chi connectivity index (χ1) is 6.86. The summed E-state index contributed by atoms with van der Waals surface area (Å²) in [5.74, 6) is -0.467. The fourth-order valence-electron chi connectivity index (χ4n) is 1.13. The number of alkyl halides is 3. The lowest BCUT2D eigenvalue weighted by atomic mass is 10.0. The standard InChI is InChI=1S/C10H10F3NO/c1-2-6-3-4-8(15)7(5-6)9(14)10(11,12)13/h2-5,9,15H,1,14H2/t9-/m0/s1. The highest BCUT2D eigenvalue weighted by molar-refractivity contribution is 5.52. The van der Waals surface area contributed by atoms with Crippen molar-refractivity contribution in [2.24, 2.45) is 5.73 Å². The molecule has 15 heavy (non-hydrogen) atoms. The van der Waals surface area contributed by atoms with E-state index in [-0.39, 0.29) is 5.56 Å². The number of benzene rings is 1. The van der Waals surface area contributed by atoms with Crippen LogP contribution in [0.15, 0.2) is 24.8 Å². The van der Waals surface area contributed by atoms with Gasteiger partial charge in [-0.15, -0.1) is 0 Å². The highest BCUT2D eigenvalue weighted by atomic mass is 19.4. The predicted octanol–water partition coefficient (Wildman–Crippen LogP) is 2.60. The van der Waals surface area contributed by atoms with Gasteiger partial charge in [-0.1, -0.05) is 18.7 Å². The molecular formula is C10H10F3NO. The molecule has 0 saturated carbocycles. The van der Waals surface area contributed by atoms with Gasteiger partial charge in [0, 0.05) is 5.56 Å². The molecule has 0 radical (unpaired) electrons. The highest BCUT2D eigenvalue weighted by Crippen LogP contribution is 2.35. The number of nitrogens with two attached hydrogens (primary N) is 1. The van der Waals surface area contributed by atoms with Crippen molar-refractivity contribution in [2.45, 2.75) is 12.2 Å². The van der Waals surface area contributed by atoms with Crippen molar-refractivity contribution in [3.05, 3.63) is 35.9 Å². The third-order valence-corrected chi connectivity index (χ3v) is 1.97. The number of hydrogen-bond acceptors (Lipinski definition) is 2. The van der Waals surface area contributed by atoms with Gasteiger partial charge in [-0.3, -0.25) is 0 Å². The van der Waals surface area contributed by atoms with Crippen molar-refractivity contribution in [1.82, 2.24) is 0 Å². The Kier molecular flexibility index (Phi) is 3.04. The predicted molar refractivity (Wildman–Crippen MR) is 51.2 cm³/mol. The quantitative estimate of drug-likeness (QED) is 0.799. The Hall–Kier alpha value is -1.49. The Morgan fingerprint density at radius 2 is 2.00 bits per heavy atom. The third-order valence-electron chi connectivity index (χ3n) is 1.97. The molecule has 0 amide bonds. The second-order valence-electron chi connectivity index (χ2n) is 3.04. The van der Waals surface area contributed by atoms with Crippen LogP contribution in [0.3, 0.4) is 0 Å². The van der Waals surface area contributed by atoms with E-state index in [1.807, 2.05) is 0 Å². The minimum Gasteiger partial charge on any atom is -0.508 e. The van der Waals surface area contributed by atoms with E-state index in [0.29, 0.717) is 5.56 Å². The van der Waals surface area contributed by atoms with Crippen LogP contribution in [0.4, 0.5) is 13.2 Å². The second-order valence-corrected chi connectivity index (χ2v) is 3.04. The summed E-state index contributed by atoms with van der Waals surface area (Å²) in [6, 6.07) is 1.60. The Morgan fingerprint density at radius 3 is 2.47 bits per heavy atom. The molecule has 0 aliphatic rings. The van der Waals surface area contributed by atoms with Crippen molar-refractivity contribution in [3.8, 4) is 5.75 Å². The van der Waals surface area contributed by atoms with E-state index in [4.69, 9.17) is 5.73 Å². The second kappa shape index (κ2) is 3.94. The summed E-state index contributed by atoms with van der Waals surface area (Å²) >= 11 is 0. The van der Waals surface area contributed by atoms with Gasteiger partial charge in [0.2, 0.25) is 0 Å². The molecule has 1 atom stereocenters. The Labute approximate surface area is 84.8 Å². The van der Waals surface area contributed by atoms with Gasteiger partial charge in [0.1, 0.15) is 11.8 Å². The molecule has 82 valence electrons. The van der Waals surface area contributed by atoms with E-state index in [1.165, 1.54) is 18.2 Å². The third kappa shape index (κ3) is 2.50. The van der Waals surface area contributed by atoms with E-state index in [0.717, 1.165) is 6.07 Å². The van der Waals surface area contributed by atoms with E-state index in [1.54, 1.807) is 0 Å². The molecule has 0 spiro atoms. The zero-order chi connectivity index (χ0) is 11.6. The van der Waals surface area contributed by atoms with Crippen molar-refractivity contribution in [1.29, 1.82) is 0 Å². The minimum absolute atomic E-state index is 0.347. The van der Waals surface area contributed by atoms with Crippen LogP contribution >= 0.6 is 0 Å². The normalized spacial score (nSPS) is 13.6. The van der Waals surface area contributed by atoms with Crippen molar-refractivity contribution < 1.29 is 18.3 Å². The Bertz CT molecular complexity index is 373. The first kappa shape index (κ1) is 11.6. The van der Waals surface area contributed by atoms with Gasteiger partial charge >= 0.3 is 6.18 Å². The number of halogens is 3. The SMILES string of the molecule is C=Cc1ccc(O)c([C@H](N)C(F)(F)F)c1. The average Bonchev–Trinajstić information content (AvgIpc) is 2.16.